The highest BCUT2D eigenvalue weighted by Gasteiger charge is 1.90. The van der Waals surface area contributed by atoms with Crippen LogP contribution in [0.1, 0.15) is 0 Å². The number of hydrogen-bond acceptors (Lipinski definition) is 1. The molecule has 0 aromatic carbocycles. The Labute approximate surface area is 51.7 Å². The molecule has 0 amide bonds. The molecule has 0 spiro atoms. The molecule has 0 aromatic heterocycles. The van der Waals surface area contributed by atoms with Gasteiger partial charge in [-0.15, -0.1) is 0 Å². The van der Waals surface area contributed by atoms with E-state index in [1.807, 2.05) is 0 Å². The van der Waals surface area contributed by atoms with Gasteiger partial charge in [0.15, 0.2) is 9.04 Å². The summed E-state index contributed by atoms with van der Waals surface area (Å²) in [7, 11) is -0.194. The van der Waals surface area contributed by atoms with Crippen LogP contribution in [0.2, 0.25) is 19.6 Å². The Bertz CT molecular complexity index is 39.2. The SMILES string of the molecule is C[SiH2][SiH2]O[SiH](C)C. The highest BCUT2D eigenvalue weighted by molar-refractivity contribution is 6.98. The predicted octanol–water partition coefficient (Wildman–Crippen LogP) is -0.798. The van der Waals surface area contributed by atoms with E-state index in [4.69, 9.17) is 4.12 Å². The number of rotatable bonds is 3. The van der Waals surface area contributed by atoms with Gasteiger partial charge in [-0.3, -0.25) is 0 Å². The maximum absolute atomic E-state index is 5.53. The molecule has 0 aliphatic heterocycles. The van der Waals surface area contributed by atoms with Gasteiger partial charge in [0.1, 0.15) is 9.28 Å². The lowest BCUT2D eigenvalue weighted by atomic mass is 11.9. The van der Waals surface area contributed by atoms with Crippen LogP contribution >= 0.6 is 0 Å². The van der Waals surface area contributed by atoms with E-state index in [1.165, 1.54) is 0 Å². The van der Waals surface area contributed by atoms with E-state index in [0.717, 1.165) is 0 Å². The summed E-state index contributed by atoms with van der Waals surface area (Å²) in [5, 5.41) is 0. The van der Waals surface area contributed by atoms with Crippen LogP contribution in [0.4, 0.5) is 0 Å². The Morgan fingerprint density at radius 3 is 2.14 bits per heavy atom. The lowest BCUT2D eigenvalue weighted by molar-refractivity contribution is 0.640. The van der Waals surface area contributed by atoms with Crippen molar-refractivity contribution in [1.29, 1.82) is 0 Å². The minimum Gasteiger partial charge on any atom is -0.466 e. The van der Waals surface area contributed by atoms with Crippen molar-refractivity contribution in [2.45, 2.75) is 19.6 Å². The summed E-state index contributed by atoms with van der Waals surface area (Å²) in [6.45, 7) is 6.83. The molecule has 0 aromatic rings. The largest absolute Gasteiger partial charge is 0.466 e. The van der Waals surface area contributed by atoms with Crippen molar-refractivity contribution in [3.05, 3.63) is 0 Å². The van der Waals surface area contributed by atoms with E-state index in [2.05, 4.69) is 19.6 Å². The van der Waals surface area contributed by atoms with Crippen LogP contribution in [0.5, 0.6) is 0 Å². The normalized spacial score (nSPS) is 13.7. The molecule has 4 heteroatoms. The monoisotopic (exact) mass is 150 g/mol. The first-order valence-corrected chi connectivity index (χ1v) is 11.7. The Morgan fingerprint density at radius 2 is 2.00 bits per heavy atom. The third-order valence-corrected chi connectivity index (χ3v) is 8.02. The van der Waals surface area contributed by atoms with Crippen molar-refractivity contribution < 1.29 is 4.12 Å². The molecule has 44 valence electrons. The summed E-state index contributed by atoms with van der Waals surface area (Å²) in [4.78, 5) is 0. The fraction of sp³-hybridized carbons (Fsp3) is 1.00. The van der Waals surface area contributed by atoms with Crippen molar-refractivity contribution in [1.82, 2.24) is 0 Å². The van der Waals surface area contributed by atoms with Gasteiger partial charge in [0.05, 0.1) is 0 Å². The minimum atomic E-state index is -0.592. The van der Waals surface area contributed by atoms with Crippen molar-refractivity contribution in [3.63, 3.8) is 0 Å². The van der Waals surface area contributed by atoms with Gasteiger partial charge in [0, 0.05) is 9.04 Å². The molecule has 0 unspecified atom stereocenters. The zero-order valence-corrected chi connectivity index (χ0v) is 9.38. The maximum Gasteiger partial charge on any atom is 0.156 e. The topological polar surface area (TPSA) is 9.23 Å². The molecule has 0 aliphatic rings. The van der Waals surface area contributed by atoms with Crippen LogP contribution in [-0.4, -0.2) is 27.4 Å². The zero-order chi connectivity index (χ0) is 5.70. The van der Waals surface area contributed by atoms with Gasteiger partial charge in [-0.1, -0.05) is 6.55 Å². The fourth-order valence-electron chi connectivity index (χ4n) is 0.354. The van der Waals surface area contributed by atoms with Crippen LogP contribution < -0.4 is 0 Å². The smallest absolute Gasteiger partial charge is 0.156 e. The molecule has 0 N–H and O–H groups in total. The molecular weight excluding hydrogens is 136 g/mol. The summed E-state index contributed by atoms with van der Waals surface area (Å²) in [5.74, 6) is 0. The highest BCUT2D eigenvalue weighted by atomic mass is 29.2. The molecular formula is C3H14OSi3. The van der Waals surface area contributed by atoms with Gasteiger partial charge < -0.3 is 4.12 Å². The van der Waals surface area contributed by atoms with Gasteiger partial charge in [-0.25, -0.2) is 0 Å². The van der Waals surface area contributed by atoms with Crippen LogP contribution in [-0.2, 0) is 4.12 Å². The molecule has 1 nitrogen and oxygen atoms in total. The first-order chi connectivity index (χ1) is 3.27. The van der Waals surface area contributed by atoms with E-state index in [1.54, 1.807) is 0 Å². The van der Waals surface area contributed by atoms with Crippen molar-refractivity contribution >= 4 is 27.4 Å². The third kappa shape index (κ3) is 6.61. The minimum absolute atomic E-state index is 0.0748. The Morgan fingerprint density at radius 1 is 1.43 bits per heavy atom. The molecule has 0 fully saturated rings. The second kappa shape index (κ2) is 4.76. The fourth-order valence-corrected chi connectivity index (χ4v) is 9.55. The molecule has 0 heterocycles. The first kappa shape index (κ1) is 7.61. The zero-order valence-electron chi connectivity index (χ0n) is 5.40. The first-order valence-electron chi connectivity index (χ1n) is 2.89. The molecule has 0 saturated heterocycles. The van der Waals surface area contributed by atoms with Gasteiger partial charge in [0.25, 0.3) is 0 Å². The highest BCUT2D eigenvalue weighted by Crippen LogP contribution is 1.77. The summed E-state index contributed by atoms with van der Waals surface area (Å²) < 4.78 is 5.53. The second-order valence-electron chi connectivity index (χ2n) is 1.92. The third-order valence-electron chi connectivity index (χ3n) is 0.655. The van der Waals surface area contributed by atoms with Crippen LogP contribution in [0.25, 0.3) is 0 Å². The summed E-state index contributed by atoms with van der Waals surface area (Å²) in [6.07, 6.45) is 0. The summed E-state index contributed by atoms with van der Waals surface area (Å²) in [6, 6.07) is 0. The van der Waals surface area contributed by atoms with E-state index in [0.29, 0.717) is 9.04 Å². The van der Waals surface area contributed by atoms with Gasteiger partial charge >= 0.3 is 0 Å². The van der Waals surface area contributed by atoms with E-state index in [-0.39, 0.29) is 9.28 Å². The van der Waals surface area contributed by atoms with E-state index >= 15 is 0 Å². The van der Waals surface area contributed by atoms with Crippen molar-refractivity contribution in [2.24, 2.45) is 0 Å². The Kier molecular flexibility index (Phi) is 5.18. The standard InChI is InChI=1S/C3H14OSi3/c1-5-6-4-7(2)3/h7H,5-6H2,1-3H3. The Balaban J connectivity index is 2.68. The number of hydrogen-bond donors (Lipinski definition) is 0. The van der Waals surface area contributed by atoms with E-state index in [9.17, 15) is 0 Å². The lowest BCUT2D eigenvalue weighted by Crippen LogP contribution is -2.14. The quantitative estimate of drug-likeness (QED) is 0.479. The lowest BCUT2D eigenvalue weighted by Gasteiger charge is -2.01. The van der Waals surface area contributed by atoms with Crippen molar-refractivity contribution in [2.75, 3.05) is 0 Å². The van der Waals surface area contributed by atoms with Gasteiger partial charge in [-0.05, 0) is 13.1 Å². The average Bonchev–Trinajstić information content (AvgIpc) is 1.61. The molecule has 7 heavy (non-hydrogen) atoms. The van der Waals surface area contributed by atoms with Gasteiger partial charge in [-0.2, -0.15) is 0 Å². The summed E-state index contributed by atoms with van der Waals surface area (Å²) >= 11 is 0. The van der Waals surface area contributed by atoms with Crippen LogP contribution in [0.15, 0.2) is 0 Å². The van der Waals surface area contributed by atoms with Gasteiger partial charge in [0.2, 0.25) is 0 Å². The molecule has 0 bridgehead atoms. The molecule has 0 rings (SSSR count). The second-order valence-corrected chi connectivity index (χ2v) is 11.0. The molecule has 0 radical (unpaired) electrons. The maximum atomic E-state index is 5.53. The molecule has 0 aliphatic carbocycles. The van der Waals surface area contributed by atoms with Crippen LogP contribution in [0, 0.1) is 0 Å². The van der Waals surface area contributed by atoms with Crippen LogP contribution in [0.3, 0.4) is 0 Å². The van der Waals surface area contributed by atoms with Crippen molar-refractivity contribution in [3.8, 4) is 0 Å². The Hall–Kier alpha value is 0.611. The molecule has 0 atom stereocenters. The van der Waals surface area contributed by atoms with E-state index < -0.39 is 9.04 Å². The molecule has 0 saturated carbocycles. The summed E-state index contributed by atoms with van der Waals surface area (Å²) in [5.41, 5.74) is 0. The average molecular weight is 150 g/mol. The predicted molar refractivity (Wildman–Crippen MR) is 42.9 cm³/mol.